The number of amides is 1. The number of carbonyl (C=O) groups is 1. The van der Waals surface area contributed by atoms with Crippen LogP contribution in [0.25, 0.3) is 0 Å². The van der Waals surface area contributed by atoms with Crippen molar-refractivity contribution >= 4 is 37.5 Å². The van der Waals surface area contributed by atoms with Gasteiger partial charge in [0.15, 0.2) is 0 Å². The molecule has 2 aliphatic rings. The second-order valence-electron chi connectivity index (χ2n) is 8.12. The van der Waals surface area contributed by atoms with Crippen LogP contribution in [0.15, 0.2) is 53.0 Å². The van der Waals surface area contributed by atoms with Gasteiger partial charge in [-0.1, -0.05) is 40.2 Å². The van der Waals surface area contributed by atoms with E-state index in [0.717, 1.165) is 28.6 Å². The largest absolute Gasteiger partial charge is 0.369 e. The smallest absolute Gasteiger partial charge is 0.237 e. The molecule has 160 valence electrons. The molecule has 0 unspecified atom stereocenters. The molecule has 0 atom stereocenters. The van der Waals surface area contributed by atoms with Crippen molar-refractivity contribution < 1.29 is 13.2 Å². The van der Waals surface area contributed by atoms with E-state index < -0.39 is 27.2 Å². The quantitative estimate of drug-likeness (QED) is 0.674. The SMILES string of the molecule is Cc1cccc(N2CCN(S(=O)(=O)CC(=O)NC3(c4ccc(Br)cc4)CC3)CC2)c1. The topological polar surface area (TPSA) is 69.7 Å². The number of hydrogen-bond donors (Lipinski definition) is 1. The number of nitrogens with one attached hydrogen (secondary N) is 1. The van der Waals surface area contributed by atoms with Crippen molar-refractivity contribution in [1.29, 1.82) is 0 Å². The van der Waals surface area contributed by atoms with Crippen LogP contribution >= 0.6 is 15.9 Å². The van der Waals surface area contributed by atoms with Crippen LogP contribution in [0.4, 0.5) is 5.69 Å². The maximum absolute atomic E-state index is 12.8. The number of aryl methyl sites for hydroxylation is 1. The van der Waals surface area contributed by atoms with Gasteiger partial charge >= 0.3 is 0 Å². The first kappa shape index (κ1) is 21.3. The highest BCUT2D eigenvalue weighted by Crippen LogP contribution is 2.45. The molecule has 1 N–H and O–H groups in total. The number of anilines is 1. The van der Waals surface area contributed by atoms with E-state index in [2.05, 4.69) is 32.2 Å². The maximum atomic E-state index is 12.8. The van der Waals surface area contributed by atoms with Gasteiger partial charge in [0.2, 0.25) is 15.9 Å². The van der Waals surface area contributed by atoms with Crippen LogP contribution in [0, 0.1) is 6.92 Å². The van der Waals surface area contributed by atoms with Crippen LogP contribution in [-0.2, 0) is 20.4 Å². The lowest BCUT2D eigenvalue weighted by molar-refractivity contribution is -0.119. The van der Waals surface area contributed by atoms with Gasteiger partial charge in [0.1, 0.15) is 5.75 Å². The molecule has 2 fully saturated rings. The second-order valence-corrected chi connectivity index (χ2v) is 11.0. The molecular formula is C22H26BrN3O3S. The molecule has 1 saturated heterocycles. The van der Waals surface area contributed by atoms with Crippen molar-refractivity contribution in [2.24, 2.45) is 0 Å². The van der Waals surface area contributed by atoms with E-state index in [1.807, 2.05) is 49.4 Å². The molecule has 0 radical (unpaired) electrons. The Morgan fingerprint density at radius 3 is 2.33 bits per heavy atom. The second kappa shape index (κ2) is 8.32. The summed E-state index contributed by atoms with van der Waals surface area (Å²) in [6.45, 7) is 4.06. The third-order valence-corrected chi connectivity index (χ3v) is 8.15. The number of hydrogen-bond acceptors (Lipinski definition) is 4. The van der Waals surface area contributed by atoms with Gasteiger partial charge in [-0.15, -0.1) is 0 Å². The number of sulfonamides is 1. The van der Waals surface area contributed by atoms with E-state index in [-0.39, 0.29) is 0 Å². The zero-order valence-electron chi connectivity index (χ0n) is 17.0. The molecule has 1 aliphatic carbocycles. The first-order chi connectivity index (χ1) is 14.3. The van der Waals surface area contributed by atoms with Crippen molar-refractivity contribution in [2.45, 2.75) is 25.3 Å². The third-order valence-electron chi connectivity index (χ3n) is 5.84. The normalized spacial score (nSPS) is 18.8. The number of carbonyl (C=O) groups excluding carboxylic acids is 1. The Kier molecular flexibility index (Phi) is 5.92. The summed E-state index contributed by atoms with van der Waals surface area (Å²) in [5, 5.41) is 2.97. The van der Waals surface area contributed by atoms with Gasteiger partial charge in [0.25, 0.3) is 0 Å². The summed E-state index contributed by atoms with van der Waals surface area (Å²) >= 11 is 3.41. The average molecular weight is 492 g/mol. The molecular weight excluding hydrogens is 466 g/mol. The summed E-state index contributed by atoms with van der Waals surface area (Å²) in [6.07, 6.45) is 1.66. The fourth-order valence-corrected chi connectivity index (χ4v) is 5.56. The van der Waals surface area contributed by atoms with Gasteiger partial charge in [0, 0.05) is 36.3 Å². The van der Waals surface area contributed by atoms with Gasteiger partial charge in [-0.25, -0.2) is 8.42 Å². The highest BCUT2D eigenvalue weighted by molar-refractivity contribution is 9.10. The van der Waals surface area contributed by atoms with Crippen molar-refractivity contribution in [3.63, 3.8) is 0 Å². The summed E-state index contributed by atoms with van der Waals surface area (Å²) in [7, 11) is -3.64. The summed E-state index contributed by atoms with van der Waals surface area (Å²) in [4.78, 5) is 14.8. The van der Waals surface area contributed by atoms with E-state index in [9.17, 15) is 13.2 Å². The fraction of sp³-hybridized carbons (Fsp3) is 0.409. The molecule has 2 aromatic carbocycles. The summed E-state index contributed by atoms with van der Waals surface area (Å²) in [5.41, 5.74) is 2.88. The number of nitrogens with zero attached hydrogens (tertiary/aromatic N) is 2. The molecule has 30 heavy (non-hydrogen) atoms. The van der Waals surface area contributed by atoms with Crippen LogP contribution < -0.4 is 10.2 Å². The van der Waals surface area contributed by atoms with Gasteiger partial charge in [-0.2, -0.15) is 4.31 Å². The highest BCUT2D eigenvalue weighted by atomic mass is 79.9. The zero-order valence-corrected chi connectivity index (χ0v) is 19.4. The molecule has 1 heterocycles. The third kappa shape index (κ3) is 4.71. The molecule has 1 aliphatic heterocycles. The van der Waals surface area contributed by atoms with Crippen molar-refractivity contribution in [1.82, 2.24) is 9.62 Å². The molecule has 1 saturated carbocycles. The minimum absolute atomic E-state index is 0.390. The predicted molar refractivity (Wildman–Crippen MR) is 122 cm³/mol. The van der Waals surface area contributed by atoms with E-state index in [1.54, 1.807) is 0 Å². The Balaban J connectivity index is 1.34. The van der Waals surface area contributed by atoms with Crippen LogP contribution in [0.3, 0.4) is 0 Å². The van der Waals surface area contributed by atoms with Crippen molar-refractivity contribution in [3.8, 4) is 0 Å². The van der Waals surface area contributed by atoms with Gasteiger partial charge in [0.05, 0.1) is 5.54 Å². The zero-order chi connectivity index (χ0) is 21.4. The lowest BCUT2D eigenvalue weighted by Crippen LogP contribution is -2.51. The van der Waals surface area contributed by atoms with Crippen molar-refractivity contribution in [2.75, 3.05) is 36.8 Å². The first-order valence-electron chi connectivity index (χ1n) is 10.1. The van der Waals surface area contributed by atoms with E-state index in [4.69, 9.17) is 0 Å². The minimum Gasteiger partial charge on any atom is -0.369 e. The van der Waals surface area contributed by atoms with Crippen LogP contribution in [0.5, 0.6) is 0 Å². The molecule has 8 heteroatoms. The Morgan fingerprint density at radius 1 is 1.07 bits per heavy atom. The number of benzene rings is 2. The lowest BCUT2D eigenvalue weighted by Gasteiger charge is -2.35. The van der Waals surface area contributed by atoms with Gasteiger partial charge in [-0.3, -0.25) is 4.79 Å². The molecule has 1 amide bonds. The molecule has 2 aromatic rings. The highest BCUT2D eigenvalue weighted by Gasteiger charge is 2.46. The number of rotatable bonds is 6. The Morgan fingerprint density at radius 2 is 1.73 bits per heavy atom. The molecule has 0 spiro atoms. The van der Waals surface area contributed by atoms with Crippen LogP contribution in [0.1, 0.15) is 24.0 Å². The number of halogens is 1. The maximum Gasteiger partial charge on any atom is 0.237 e. The van der Waals surface area contributed by atoms with E-state index >= 15 is 0 Å². The molecule has 0 bridgehead atoms. The Bertz CT molecular complexity index is 1030. The van der Waals surface area contributed by atoms with Gasteiger partial charge < -0.3 is 10.2 Å². The minimum atomic E-state index is -3.64. The van der Waals surface area contributed by atoms with Gasteiger partial charge in [-0.05, 0) is 55.2 Å². The lowest BCUT2D eigenvalue weighted by atomic mass is 10.1. The Labute approximate surface area is 186 Å². The molecule has 0 aromatic heterocycles. The summed E-state index contributed by atoms with van der Waals surface area (Å²) in [5.74, 6) is -0.938. The van der Waals surface area contributed by atoms with Crippen LogP contribution in [0.2, 0.25) is 0 Å². The molecule has 4 rings (SSSR count). The average Bonchev–Trinajstić information content (AvgIpc) is 3.48. The standard InChI is InChI=1S/C22H26BrN3O3S/c1-17-3-2-4-20(15-17)25-11-13-26(14-12-25)30(28,29)16-21(27)24-22(9-10-22)18-5-7-19(23)8-6-18/h2-8,15H,9-14,16H2,1H3,(H,24,27). The Hall–Kier alpha value is -1.90. The van der Waals surface area contributed by atoms with Crippen LogP contribution in [-0.4, -0.2) is 50.6 Å². The predicted octanol–water partition coefficient (Wildman–Crippen LogP) is 3.01. The van der Waals surface area contributed by atoms with E-state index in [0.29, 0.717) is 26.2 Å². The fourth-order valence-electron chi connectivity index (χ4n) is 3.99. The monoisotopic (exact) mass is 491 g/mol. The summed E-state index contributed by atoms with van der Waals surface area (Å²) in [6, 6.07) is 16.0. The molecule has 6 nitrogen and oxygen atoms in total. The van der Waals surface area contributed by atoms with E-state index in [1.165, 1.54) is 9.87 Å². The van der Waals surface area contributed by atoms with Crippen molar-refractivity contribution in [3.05, 3.63) is 64.1 Å². The first-order valence-corrected chi connectivity index (χ1v) is 12.5. The number of piperazine rings is 1. The summed E-state index contributed by atoms with van der Waals surface area (Å²) < 4.78 is 28.1.